The Labute approximate surface area is 115 Å². The normalized spacial score (nSPS) is 11.3. The summed E-state index contributed by atoms with van der Waals surface area (Å²) >= 11 is 5.82. The number of hydrogen-bond acceptors (Lipinski definition) is 3. The van der Waals surface area contributed by atoms with Crippen molar-refractivity contribution < 1.29 is 9.90 Å². The fourth-order valence-electron chi connectivity index (χ4n) is 1.78. The molecule has 96 valence electrons. The first-order chi connectivity index (χ1) is 9.13. The predicted octanol–water partition coefficient (Wildman–Crippen LogP) is 2.75. The first-order valence-electron chi connectivity index (χ1n) is 5.50. The average Bonchev–Trinajstić information content (AvgIpc) is 2.42. The molecule has 0 spiro atoms. The molecule has 0 unspecified atom stereocenters. The van der Waals surface area contributed by atoms with Crippen LogP contribution in [0.1, 0.15) is 21.5 Å². The van der Waals surface area contributed by atoms with Crippen LogP contribution in [-0.2, 0) is 0 Å². The molecule has 2 rings (SSSR count). The van der Waals surface area contributed by atoms with Gasteiger partial charge in [-0.15, -0.1) is 0 Å². The molecule has 3 N–H and O–H groups in total. The van der Waals surface area contributed by atoms with Gasteiger partial charge in [-0.05, 0) is 18.2 Å². The van der Waals surface area contributed by atoms with Crippen molar-refractivity contribution in [2.24, 2.45) is 10.9 Å². The molecule has 0 aliphatic carbocycles. The highest BCUT2D eigenvalue weighted by Gasteiger charge is 2.15. The number of nitrogens with zero attached hydrogens (tertiary/aromatic N) is 1. The van der Waals surface area contributed by atoms with Crippen LogP contribution in [0.25, 0.3) is 0 Å². The fraction of sp³-hybridized carbons (Fsp3) is 0. The van der Waals surface area contributed by atoms with E-state index in [4.69, 9.17) is 17.4 Å². The molecule has 19 heavy (non-hydrogen) atoms. The van der Waals surface area contributed by atoms with Crippen LogP contribution >= 0.6 is 11.6 Å². The standard InChI is InChI=1S/C14H11ClN2O2/c15-10-7-5-9(6-8-10)13(17-16)11-3-1-2-4-12(11)14(18)19/h1-8H,16H2,(H,18,19)/b17-13+. The van der Waals surface area contributed by atoms with Gasteiger partial charge in [0.25, 0.3) is 0 Å². The van der Waals surface area contributed by atoms with E-state index in [9.17, 15) is 9.90 Å². The molecule has 0 aliphatic rings. The van der Waals surface area contributed by atoms with Crippen LogP contribution in [0.2, 0.25) is 5.02 Å². The molecular formula is C14H11ClN2O2. The molecule has 0 saturated heterocycles. The summed E-state index contributed by atoms with van der Waals surface area (Å²) in [5, 5.41) is 13.5. The molecule has 0 radical (unpaired) electrons. The van der Waals surface area contributed by atoms with E-state index in [0.29, 0.717) is 21.9 Å². The molecule has 0 amide bonds. The second-order valence-electron chi connectivity index (χ2n) is 3.84. The molecular weight excluding hydrogens is 264 g/mol. The van der Waals surface area contributed by atoms with Crippen LogP contribution in [-0.4, -0.2) is 16.8 Å². The SMILES string of the molecule is N/N=C(\c1ccc(Cl)cc1)c1ccccc1C(=O)O. The first kappa shape index (κ1) is 13.1. The molecule has 2 aromatic rings. The minimum absolute atomic E-state index is 0.154. The Bertz CT molecular complexity index is 636. The van der Waals surface area contributed by atoms with Gasteiger partial charge in [0, 0.05) is 16.1 Å². The van der Waals surface area contributed by atoms with Gasteiger partial charge >= 0.3 is 5.97 Å². The average molecular weight is 275 g/mol. The van der Waals surface area contributed by atoms with E-state index in [1.54, 1.807) is 42.5 Å². The number of carboxylic acids is 1. The molecule has 4 nitrogen and oxygen atoms in total. The maximum absolute atomic E-state index is 11.2. The second kappa shape index (κ2) is 5.54. The molecule has 0 heterocycles. The summed E-state index contributed by atoms with van der Waals surface area (Å²) < 4.78 is 0. The zero-order valence-electron chi connectivity index (χ0n) is 9.88. The Hall–Kier alpha value is -2.33. The second-order valence-corrected chi connectivity index (χ2v) is 4.27. The molecule has 0 saturated carbocycles. The number of hydrazone groups is 1. The zero-order valence-corrected chi connectivity index (χ0v) is 10.6. The molecule has 2 aromatic carbocycles. The maximum atomic E-state index is 11.2. The topological polar surface area (TPSA) is 75.7 Å². The maximum Gasteiger partial charge on any atom is 0.336 e. The zero-order chi connectivity index (χ0) is 13.8. The lowest BCUT2D eigenvalue weighted by molar-refractivity contribution is 0.0696. The third-order valence-corrected chi connectivity index (χ3v) is 2.91. The molecule has 5 heteroatoms. The monoisotopic (exact) mass is 274 g/mol. The number of rotatable bonds is 3. The van der Waals surface area contributed by atoms with Gasteiger partial charge in [-0.3, -0.25) is 0 Å². The lowest BCUT2D eigenvalue weighted by atomic mass is 9.97. The quantitative estimate of drug-likeness (QED) is 0.513. The molecule has 0 bridgehead atoms. The van der Waals surface area contributed by atoms with Crippen LogP contribution in [0, 0.1) is 0 Å². The Balaban J connectivity index is 2.55. The number of halogens is 1. The van der Waals surface area contributed by atoms with Crippen molar-refractivity contribution in [3.8, 4) is 0 Å². The third kappa shape index (κ3) is 2.74. The van der Waals surface area contributed by atoms with Gasteiger partial charge in [0.2, 0.25) is 0 Å². The number of benzene rings is 2. The van der Waals surface area contributed by atoms with Gasteiger partial charge in [0.1, 0.15) is 0 Å². The Morgan fingerprint density at radius 1 is 1.05 bits per heavy atom. The van der Waals surface area contributed by atoms with Crippen LogP contribution in [0.3, 0.4) is 0 Å². The van der Waals surface area contributed by atoms with Gasteiger partial charge in [-0.1, -0.05) is 41.9 Å². The number of aromatic carboxylic acids is 1. The van der Waals surface area contributed by atoms with Crippen LogP contribution in [0.5, 0.6) is 0 Å². The minimum atomic E-state index is -1.02. The summed E-state index contributed by atoms with van der Waals surface area (Å²) in [7, 11) is 0. The molecule has 0 atom stereocenters. The van der Waals surface area contributed by atoms with Gasteiger partial charge in [-0.2, -0.15) is 5.10 Å². The van der Waals surface area contributed by atoms with E-state index >= 15 is 0 Å². The lowest BCUT2D eigenvalue weighted by Crippen LogP contribution is -2.12. The summed E-state index contributed by atoms with van der Waals surface area (Å²) in [4.78, 5) is 11.2. The lowest BCUT2D eigenvalue weighted by Gasteiger charge is -2.09. The Kier molecular flexibility index (Phi) is 3.82. The van der Waals surface area contributed by atoms with E-state index in [-0.39, 0.29) is 5.56 Å². The summed E-state index contributed by atoms with van der Waals surface area (Å²) in [6, 6.07) is 13.5. The van der Waals surface area contributed by atoms with E-state index < -0.39 is 5.97 Å². The van der Waals surface area contributed by atoms with E-state index in [2.05, 4.69) is 5.10 Å². The Morgan fingerprint density at radius 3 is 2.16 bits per heavy atom. The summed E-state index contributed by atoms with van der Waals surface area (Å²) in [6.07, 6.45) is 0. The van der Waals surface area contributed by atoms with Gasteiger partial charge in [0.05, 0.1) is 11.3 Å². The minimum Gasteiger partial charge on any atom is -0.478 e. The largest absolute Gasteiger partial charge is 0.478 e. The van der Waals surface area contributed by atoms with Crippen LogP contribution < -0.4 is 5.84 Å². The van der Waals surface area contributed by atoms with Crippen molar-refractivity contribution >= 4 is 23.3 Å². The van der Waals surface area contributed by atoms with Gasteiger partial charge in [-0.25, -0.2) is 4.79 Å². The highest BCUT2D eigenvalue weighted by atomic mass is 35.5. The molecule has 0 aromatic heterocycles. The van der Waals surface area contributed by atoms with Crippen LogP contribution in [0.4, 0.5) is 0 Å². The smallest absolute Gasteiger partial charge is 0.336 e. The highest BCUT2D eigenvalue weighted by molar-refractivity contribution is 6.30. The Morgan fingerprint density at radius 2 is 1.63 bits per heavy atom. The highest BCUT2D eigenvalue weighted by Crippen LogP contribution is 2.17. The summed E-state index contributed by atoms with van der Waals surface area (Å²) in [5.74, 6) is 4.38. The number of carbonyl (C=O) groups is 1. The van der Waals surface area contributed by atoms with Crippen LogP contribution in [0.15, 0.2) is 53.6 Å². The van der Waals surface area contributed by atoms with E-state index in [1.807, 2.05) is 0 Å². The van der Waals surface area contributed by atoms with Gasteiger partial charge in [0.15, 0.2) is 0 Å². The van der Waals surface area contributed by atoms with Crippen molar-refractivity contribution in [2.45, 2.75) is 0 Å². The number of nitrogens with two attached hydrogens (primary N) is 1. The number of carboxylic acid groups (broad SMARTS) is 1. The molecule has 0 aliphatic heterocycles. The van der Waals surface area contributed by atoms with Crippen molar-refractivity contribution in [2.75, 3.05) is 0 Å². The molecule has 0 fully saturated rings. The summed E-state index contributed by atoms with van der Waals surface area (Å²) in [5.41, 5.74) is 1.75. The first-order valence-corrected chi connectivity index (χ1v) is 5.88. The number of hydrogen-bond donors (Lipinski definition) is 2. The van der Waals surface area contributed by atoms with Gasteiger partial charge < -0.3 is 10.9 Å². The van der Waals surface area contributed by atoms with Crippen molar-refractivity contribution in [1.29, 1.82) is 0 Å². The van der Waals surface area contributed by atoms with E-state index in [1.165, 1.54) is 6.07 Å². The van der Waals surface area contributed by atoms with Crippen molar-refractivity contribution in [1.82, 2.24) is 0 Å². The van der Waals surface area contributed by atoms with E-state index in [0.717, 1.165) is 0 Å². The summed E-state index contributed by atoms with van der Waals surface area (Å²) in [6.45, 7) is 0. The third-order valence-electron chi connectivity index (χ3n) is 2.66. The van der Waals surface area contributed by atoms with Crippen molar-refractivity contribution in [3.63, 3.8) is 0 Å². The predicted molar refractivity (Wildman–Crippen MR) is 74.7 cm³/mol. The fourth-order valence-corrected chi connectivity index (χ4v) is 1.91. The van der Waals surface area contributed by atoms with Crippen molar-refractivity contribution in [3.05, 3.63) is 70.2 Å².